The molecule has 3 aromatic carbocycles. The first-order valence-corrected chi connectivity index (χ1v) is 13.2. The predicted octanol–water partition coefficient (Wildman–Crippen LogP) is 7.14. The Bertz CT molecular complexity index is 1280. The summed E-state index contributed by atoms with van der Waals surface area (Å²) in [4.78, 5) is 13.8. The lowest BCUT2D eigenvalue weighted by molar-refractivity contribution is 0.0697. The fourth-order valence-electron chi connectivity index (χ4n) is 6.23. The van der Waals surface area contributed by atoms with Crippen molar-refractivity contribution in [2.75, 3.05) is 18.0 Å². The smallest absolute Gasteiger partial charge is 0.335 e. The first-order valence-electron chi connectivity index (χ1n) is 12.4. The van der Waals surface area contributed by atoms with Crippen LogP contribution in [0.4, 0.5) is 5.69 Å². The molecule has 2 heterocycles. The largest absolute Gasteiger partial charge is 0.478 e. The molecule has 188 valence electrons. The lowest BCUT2D eigenvalue weighted by Gasteiger charge is -2.40. The summed E-state index contributed by atoms with van der Waals surface area (Å²) < 4.78 is 0. The number of fused-ring (bicyclic) bond motifs is 2. The van der Waals surface area contributed by atoms with E-state index in [-0.39, 0.29) is 22.8 Å². The van der Waals surface area contributed by atoms with Gasteiger partial charge in [0.25, 0.3) is 0 Å². The summed E-state index contributed by atoms with van der Waals surface area (Å²) in [5.41, 5.74) is 4.92. The Balaban J connectivity index is 1.62. The molecule has 2 aliphatic rings. The molecular weight excluding hydrogens is 491 g/mol. The second kappa shape index (κ2) is 9.41. The van der Waals surface area contributed by atoms with Crippen molar-refractivity contribution in [1.82, 2.24) is 5.32 Å². The molecule has 1 saturated heterocycles. The fraction of sp³-hybridized carbons (Fsp3) is 0.367. The molecule has 1 spiro atoms. The molecule has 6 heteroatoms. The van der Waals surface area contributed by atoms with Crippen molar-refractivity contribution in [2.24, 2.45) is 5.41 Å². The van der Waals surface area contributed by atoms with Gasteiger partial charge in [0, 0.05) is 52.7 Å². The number of aromatic carboxylic acids is 1. The number of halogens is 2. The zero-order valence-corrected chi connectivity index (χ0v) is 22.4. The molecule has 0 amide bonds. The van der Waals surface area contributed by atoms with E-state index < -0.39 is 5.97 Å². The van der Waals surface area contributed by atoms with Crippen molar-refractivity contribution in [3.63, 3.8) is 0 Å². The Morgan fingerprint density at radius 1 is 1.08 bits per heavy atom. The summed E-state index contributed by atoms with van der Waals surface area (Å²) in [6.07, 6.45) is 1.01. The lowest BCUT2D eigenvalue weighted by atomic mass is 9.64. The molecule has 0 bridgehead atoms. The predicted molar refractivity (Wildman–Crippen MR) is 148 cm³/mol. The van der Waals surface area contributed by atoms with Crippen LogP contribution in [0.3, 0.4) is 0 Å². The fourth-order valence-corrected chi connectivity index (χ4v) is 6.67. The van der Waals surface area contributed by atoms with Gasteiger partial charge < -0.3 is 15.3 Å². The van der Waals surface area contributed by atoms with Crippen molar-refractivity contribution in [2.45, 2.75) is 51.1 Å². The van der Waals surface area contributed by atoms with Crippen molar-refractivity contribution < 1.29 is 9.90 Å². The van der Waals surface area contributed by atoms with Crippen molar-refractivity contribution >= 4 is 34.9 Å². The van der Waals surface area contributed by atoms with Gasteiger partial charge in [0.05, 0.1) is 5.56 Å². The molecule has 36 heavy (non-hydrogen) atoms. The Morgan fingerprint density at radius 2 is 1.81 bits per heavy atom. The Labute approximate surface area is 223 Å². The zero-order chi connectivity index (χ0) is 25.7. The van der Waals surface area contributed by atoms with Crippen LogP contribution < -0.4 is 10.2 Å². The molecule has 0 aromatic heterocycles. The number of hydrogen-bond donors (Lipinski definition) is 2. The summed E-state index contributed by atoms with van der Waals surface area (Å²) in [5.74, 6) is -0.721. The van der Waals surface area contributed by atoms with Crippen LogP contribution in [0, 0.1) is 5.41 Å². The topological polar surface area (TPSA) is 52.6 Å². The van der Waals surface area contributed by atoms with Gasteiger partial charge in [-0.3, -0.25) is 0 Å². The van der Waals surface area contributed by atoms with E-state index in [9.17, 15) is 9.90 Å². The molecule has 0 unspecified atom stereocenters. The van der Waals surface area contributed by atoms with Crippen molar-refractivity contribution in [3.05, 3.63) is 99.0 Å². The normalized spacial score (nSPS) is 23.3. The van der Waals surface area contributed by atoms with Crippen LogP contribution in [0.1, 0.15) is 60.2 Å². The zero-order valence-electron chi connectivity index (χ0n) is 20.9. The summed E-state index contributed by atoms with van der Waals surface area (Å²) in [6, 6.07) is 21.9. The molecule has 0 radical (unpaired) electrons. The molecular formula is C30H32Cl2N2O2. The highest BCUT2D eigenvalue weighted by atomic mass is 35.5. The molecule has 2 aliphatic heterocycles. The van der Waals surface area contributed by atoms with Gasteiger partial charge in [0.15, 0.2) is 0 Å². The third-order valence-electron chi connectivity index (χ3n) is 7.74. The van der Waals surface area contributed by atoms with Crippen LogP contribution in [0.25, 0.3) is 0 Å². The minimum absolute atomic E-state index is 0.138. The highest BCUT2D eigenvalue weighted by molar-refractivity contribution is 6.31. The first kappa shape index (κ1) is 25.1. The number of anilines is 1. The monoisotopic (exact) mass is 522 g/mol. The lowest BCUT2D eigenvalue weighted by Crippen LogP contribution is -2.48. The summed E-state index contributed by atoms with van der Waals surface area (Å²) in [7, 11) is 0. The van der Waals surface area contributed by atoms with Gasteiger partial charge in [-0.1, -0.05) is 74.3 Å². The highest BCUT2D eigenvalue weighted by Gasteiger charge is 2.57. The average molecular weight is 524 g/mol. The third-order valence-corrected chi connectivity index (χ3v) is 8.32. The van der Waals surface area contributed by atoms with Gasteiger partial charge in [0.2, 0.25) is 0 Å². The molecule has 5 rings (SSSR count). The van der Waals surface area contributed by atoms with E-state index in [1.807, 2.05) is 30.3 Å². The Kier molecular flexibility index (Phi) is 6.57. The van der Waals surface area contributed by atoms with Gasteiger partial charge in [-0.05, 0) is 64.9 Å². The number of nitrogens with zero attached hydrogens (tertiary/aromatic N) is 1. The molecule has 3 aromatic rings. The molecule has 3 atom stereocenters. The number of carboxylic acids is 1. The maximum absolute atomic E-state index is 11.3. The quantitative estimate of drug-likeness (QED) is 0.373. The van der Waals surface area contributed by atoms with E-state index in [1.54, 1.807) is 12.1 Å². The van der Waals surface area contributed by atoms with E-state index in [4.69, 9.17) is 23.2 Å². The summed E-state index contributed by atoms with van der Waals surface area (Å²) in [6.45, 7) is 9.24. The number of hydrogen-bond acceptors (Lipinski definition) is 3. The standard InChI is InChI=1S/C30H32Cl2N2O2/c1-29(2,3)15-27-30(24(16-33-27)22-6-4-5-7-25(22)32)18-34(26-13-12-21(31)14-23(26)30)17-19-8-10-20(11-9-19)28(35)36/h4-14,24,27,33H,15-18H2,1-3H3,(H,35,36)/t24-,27+,30-/m1/s1. The van der Waals surface area contributed by atoms with Crippen LogP contribution in [-0.2, 0) is 12.0 Å². The van der Waals surface area contributed by atoms with Gasteiger partial charge in [-0.2, -0.15) is 0 Å². The summed E-state index contributed by atoms with van der Waals surface area (Å²) >= 11 is 13.4. The Hall–Kier alpha value is -2.53. The first-order chi connectivity index (χ1) is 17.1. The minimum Gasteiger partial charge on any atom is -0.478 e. The second-order valence-corrected chi connectivity index (χ2v) is 12.2. The van der Waals surface area contributed by atoms with Crippen molar-refractivity contribution in [1.29, 1.82) is 0 Å². The SMILES string of the molecule is CC(C)(C)C[C@@H]1NC[C@H](c2ccccc2Cl)[C@]12CN(Cc1ccc(C(=O)O)cc1)c1ccc(Cl)cc12. The van der Waals surface area contributed by atoms with Crippen molar-refractivity contribution in [3.8, 4) is 0 Å². The van der Waals surface area contributed by atoms with Crippen LogP contribution in [-0.4, -0.2) is 30.2 Å². The number of carboxylic acid groups (broad SMARTS) is 1. The third kappa shape index (κ3) is 4.51. The van der Waals surface area contributed by atoms with Crippen LogP contribution in [0.15, 0.2) is 66.7 Å². The second-order valence-electron chi connectivity index (χ2n) is 11.4. The molecule has 1 fully saturated rings. The van der Waals surface area contributed by atoms with Gasteiger partial charge >= 0.3 is 5.97 Å². The maximum Gasteiger partial charge on any atom is 0.335 e. The Morgan fingerprint density at radius 3 is 2.47 bits per heavy atom. The number of rotatable bonds is 5. The summed E-state index contributed by atoms with van der Waals surface area (Å²) in [5, 5.41) is 14.7. The molecule has 0 saturated carbocycles. The van der Waals surface area contributed by atoms with E-state index in [0.717, 1.165) is 35.1 Å². The molecule has 0 aliphatic carbocycles. The van der Waals surface area contributed by atoms with E-state index in [1.165, 1.54) is 16.8 Å². The van der Waals surface area contributed by atoms with Gasteiger partial charge in [-0.15, -0.1) is 0 Å². The van der Waals surface area contributed by atoms with Crippen LogP contribution in [0.2, 0.25) is 10.0 Å². The number of nitrogens with one attached hydrogen (secondary N) is 1. The van der Waals surface area contributed by atoms with Gasteiger partial charge in [0.1, 0.15) is 0 Å². The maximum atomic E-state index is 11.3. The van der Waals surface area contributed by atoms with E-state index in [2.05, 4.69) is 55.3 Å². The van der Waals surface area contributed by atoms with Crippen LogP contribution in [0.5, 0.6) is 0 Å². The highest BCUT2D eigenvalue weighted by Crippen LogP contribution is 2.56. The van der Waals surface area contributed by atoms with E-state index in [0.29, 0.717) is 12.1 Å². The molecule has 2 N–H and O–H groups in total. The number of benzene rings is 3. The van der Waals surface area contributed by atoms with Crippen LogP contribution >= 0.6 is 23.2 Å². The molecule has 4 nitrogen and oxygen atoms in total. The average Bonchev–Trinajstić information content (AvgIpc) is 3.31. The number of carbonyl (C=O) groups is 1. The minimum atomic E-state index is -0.911. The van der Waals surface area contributed by atoms with Gasteiger partial charge in [-0.25, -0.2) is 4.79 Å². The van der Waals surface area contributed by atoms with E-state index >= 15 is 0 Å².